The smallest absolute Gasteiger partial charge is 0.146 e. The predicted molar refractivity (Wildman–Crippen MR) is 232 cm³/mol. The zero-order valence-corrected chi connectivity index (χ0v) is 30.8. The van der Waals surface area contributed by atoms with Crippen molar-refractivity contribution >= 4 is 71.0 Å². The molecule has 0 amide bonds. The first-order chi connectivity index (χ1) is 27.1. The van der Waals surface area contributed by atoms with Crippen LogP contribution in [0.15, 0.2) is 170 Å². The predicted octanol–water partition coefficient (Wildman–Crippen LogP) is 13.7. The Kier molecular flexibility index (Phi) is 7.79. The molecule has 1 unspecified atom stereocenters. The summed E-state index contributed by atoms with van der Waals surface area (Å²) in [4.78, 5) is 5.08. The standard InChI is InChI=1S/C52H37N3/c1-3-4-12-33(2)50-41-15-8-9-16-42(41)51(37-13-6-5-7-14-37)43-27-24-39(31-46(43)50)36-22-20-35(21-23-36)38-25-28-44-45(30-38)40-26-19-34(32-53)29-49(40)55-48-18-11-10-17-47(48)54-52(44)55/h3-20,22-31,35H,21H2,1-2H3/b4-3-,33-12+. The minimum absolute atomic E-state index is 0.243. The summed E-state index contributed by atoms with van der Waals surface area (Å²) >= 11 is 0. The molecule has 0 aliphatic heterocycles. The van der Waals surface area contributed by atoms with Crippen LogP contribution in [0.25, 0.3) is 82.2 Å². The molecule has 9 aromatic rings. The average Bonchev–Trinajstić information content (AvgIpc) is 3.64. The van der Waals surface area contributed by atoms with Crippen LogP contribution in [0, 0.1) is 11.3 Å². The van der Waals surface area contributed by atoms with E-state index >= 15 is 0 Å². The Morgan fingerprint density at radius 2 is 1.47 bits per heavy atom. The number of hydrogen-bond donors (Lipinski definition) is 0. The number of pyridine rings is 1. The molecule has 3 nitrogen and oxygen atoms in total. The lowest BCUT2D eigenvalue weighted by Gasteiger charge is -2.21. The van der Waals surface area contributed by atoms with Gasteiger partial charge >= 0.3 is 0 Å². The van der Waals surface area contributed by atoms with E-state index < -0.39 is 0 Å². The molecule has 0 spiro atoms. The highest BCUT2D eigenvalue weighted by atomic mass is 15.0. The van der Waals surface area contributed by atoms with Gasteiger partial charge in [0.05, 0.1) is 28.2 Å². The number of nitrogens with zero attached hydrogens (tertiary/aromatic N) is 3. The molecule has 1 aliphatic carbocycles. The van der Waals surface area contributed by atoms with Crippen molar-refractivity contribution in [1.82, 2.24) is 9.38 Å². The van der Waals surface area contributed by atoms with E-state index in [1.165, 1.54) is 60.5 Å². The second-order valence-corrected chi connectivity index (χ2v) is 14.6. The van der Waals surface area contributed by atoms with E-state index in [4.69, 9.17) is 4.98 Å². The van der Waals surface area contributed by atoms with E-state index in [1.807, 2.05) is 24.3 Å². The van der Waals surface area contributed by atoms with Crippen molar-refractivity contribution < 1.29 is 0 Å². The zero-order chi connectivity index (χ0) is 37.0. The Hall–Kier alpha value is -7.02. The Morgan fingerprint density at radius 1 is 0.709 bits per heavy atom. The van der Waals surface area contributed by atoms with Gasteiger partial charge < -0.3 is 0 Å². The van der Waals surface area contributed by atoms with Crippen molar-refractivity contribution in [2.24, 2.45) is 0 Å². The van der Waals surface area contributed by atoms with E-state index in [9.17, 15) is 5.26 Å². The van der Waals surface area contributed by atoms with Gasteiger partial charge in [-0.2, -0.15) is 5.26 Å². The molecular weight excluding hydrogens is 667 g/mol. The fraction of sp³-hybridized carbons (Fsp3) is 0.0769. The minimum atomic E-state index is 0.243. The van der Waals surface area contributed by atoms with Crippen LogP contribution in [0.5, 0.6) is 0 Å². The van der Waals surface area contributed by atoms with Crippen LogP contribution in [0.2, 0.25) is 0 Å². The molecule has 2 heterocycles. The third kappa shape index (κ3) is 5.30. The normalized spacial score (nSPS) is 14.9. The highest BCUT2D eigenvalue weighted by Crippen LogP contribution is 2.44. The Balaban J connectivity index is 1.08. The Bertz CT molecular complexity index is 3200. The number of benzene rings is 7. The number of rotatable bonds is 5. The molecule has 0 saturated carbocycles. The molecule has 0 bridgehead atoms. The summed E-state index contributed by atoms with van der Waals surface area (Å²) in [5, 5.41) is 18.3. The zero-order valence-electron chi connectivity index (χ0n) is 30.8. The molecule has 260 valence electrons. The fourth-order valence-corrected chi connectivity index (χ4v) is 8.78. The lowest BCUT2D eigenvalue weighted by atomic mass is 9.83. The van der Waals surface area contributed by atoms with Crippen molar-refractivity contribution in [3.05, 3.63) is 192 Å². The van der Waals surface area contributed by atoms with Gasteiger partial charge in [0.25, 0.3) is 0 Å². The lowest BCUT2D eigenvalue weighted by molar-refractivity contribution is 0.858. The van der Waals surface area contributed by atoms with Crippen LogP contribution in [-0.2, 0) is 0 Å². The third-order valence-corrected chi connectivity index (χ3v) is 11.4. The summed E-state index contributed by atoms with van der Waals surface area (Å²) in [7, 11) is 0. The van der Waals surface area contributed by atoms with Crippen LogP contribution >= 0.6 is 0 Å². The molecule has 55 heavy (non-hydrogen) atoms. The van der Waals surface area contributed by atoms with Gasteiger partial charge in [-0.25, -0.2) is 4.98 Å². The van der Waals surface area contributed by atoms with Gasteiger partial charge in [0, 0.05) is 16.7 Å². The van der Waals surface area contributed by atoms with E-state index in [0.717, 1.165) is 44.8 Å². The SMILES string of the molecule is C/C=C\C=C(/C)c1c2ccccc2c(-c2ccccc2)c2ccc(C3=CCC(c4ccc5c(c4)c4ccc(C#N)cc4n4c6ccccc6nc54)C=C3)cc12. The molecule has 0 N–H and O–H groups in total. The van der Waals surface area contributed by atoms with Crippen LogP contribution in [0.4, 0.5) is 0 Å². The Morgan fingerprint density at radius 3 is 2.29 bits per heavy atom. The van der Waals surface area contributed by atoms with Crippen molar-refractivity contribution in [3.63, 3.8) is 0 Å². The topological polar surface area (TPSA) is 41.1 Å². The van der Waals surface area contributed by atoms with Gasteiger partial charge in [-0.15, -0.1) is 0 Å². The molecule has 3 heteroatoms. The highest BCUT2D eigenvalue weighted by molar-refractivity contribution is 6.19. The molecule has 0 fully saturated rings. The molecule has 0 radical (unpaired) electrons. The van der Waals surface area contributed by atoms with Crippen LogP contribution in [-0.4, -0.2) is 9.38 Å². The maximum absolute atomic E-state index is 9.79. The van der Waals surface area contributed by atoms with Gasteiger partial charge in [-0.3, -0.25) is 4.40 Å². The second kappa shape index (κ2) is 13.1. The number of fused-ring (bicyclic) bond motifs is 10. The van der Waals surface area contributed by atoms with Crippen LogP contribution < -0.4 is 0 Å². The molecular formula is C52H37N3. The summed E-state index contributed by atoms with van der Waals surface area (Å²) in [6.45, 7) is 4.30. The number of nitriles is 1. The van der Waals surface area contributed by atoms with Crippen LogP contribution in [0.3, 0.4) is 0 Å². The van der Waals surface area contributed by atoms with Crippen LogP contribution in [0.1, 0.15) is 48.4 Å². The molecule has 7 aromatic carbocycles. The lowest BCUT2D eigenvalue weighted by Crippen LogP contribution is -2.00. The molecule has 2 aromatic heterocycles. The Labute approximate surface area is 320 Å². The number of allylic oxidation sites excluding steroid dienone is 8. The van der Waals surface area contributed by atoms with Gasteiger partial charge in [0.2, 0.25) is 0 Å². The largest absolute Gasteiger partial charge is 0.292 e. The first-order valence-electron chi connectivity index (χ1n) is 19.0. The van der Waals surface area contributed by atoms with E-state index in [1.54, 1.807) is 0 Å². The van der Waals surface area contributed by atoms with Crippen molar-refractivity contribution in [2.45, 2.75) is 26.2 Å². The minimum Gasteiger partial charge on any atom is -0.292 e. The number of aromatic nitrogens is 2. The van der Waals surface area contributed by atoms with E-state index in [0.29, 0.717) is 5.56 Å². The van der Waals surface area contributed by atoms with Crippen molar-refractivity contribution in [3.8, 4) is 17.2 Å². The summed E-state index contributed by atoms with van der Waals surface area (Å²) < 4.78 is 2.21. The molecule has 1 atom stereocenters. The quantitative estimate of drug-likeness (QED) is 0.102. The third-order valence-electron chi connectivity index (χ3n) is 11.4. The fourth-order valence-electron chi connectivity index (χ4n) is 8.78. The maximum atomic E-state index is 9.79. The van der Waals surface area contributed by atoms with Gasteiger partial charge in [0.15, 0.2) is 0 Å². The van der Waals surface area contributed by atoms with Crippen molar-refractivity contribution in [2.75, 3.05) is 0 Å². The molecule has 0 saturated heterocycles. The summed E-state index contributed by atoms with van der Waals surface area (Å²) in [6.07, 6.45) is 14.4. The summed E-state index contributed by atoms with van der Waals surface area (Å²) in [5.41, 5.74) is 13.3. The van der Waals surface area contributed by atoms with E-state index in [-0.39, 0.29) is 5.92 Å². The summed E-state index contributed by atoms with van der Waals surface area (Å²) in [6, 6.07) is 50.1. The first kappa shape index (κ1) is 32.6. The van der Waals surface area contributed by atoms with Crippen molar-refractivity contribution in [1.29, 1.82) is 5.26 Å². The highest BCUT2D eigenvalue weighted by Gasteiger charge is 2.20. The van der Waals surface area contributed by atoms with Gasteiger partial charge in [0.1, 0.15) is 5.65 Å². The summed E-state index contributed by atoms with van der Waals surface area (Å²) in [5.74, 6) is 0.243. The number of para-hydroxylation sites is 2. The molecule has 1 aliphatic rings. The van der Waals surface area contributed by atoms with Gasteiger partial charge in [-0.1, -0.05) is 134 Å². The number of imidazole rings is 1. The number of hydrogen-bond acceptors (Lipinski definition) is 2. The maximum Gasteiger partial charge on any atom is 0.146 e. The van der Waals surface area contributed by atoms with Gasteiger partial charge in [-0.05, 0) is 123 Å². The second-order valence-electron chi connectivity index (χ2n) is 14.6. The molecule has 10 rings (SSSR count). The monoisotopic (exact) mass is 703 g/mol. The first-order valence-corrected chi connectivity index (χ1v) is 19.0. The van der Waals surface area contributed by atoms with E-state index in [2.05, 4.69) is 170 Å². The average molecular weight is 704 g/mol.